The number of aromatic amines is 1. The van der Waals surface area contributed by atoms with Crippen molar-refractivity contribution in [1.29, 1.82) is 0 Å². The molecule has 2 aromatic rings. The second kappa shape index (κ2) is 12.6. The highest BCUT2D eigenvalue weighted by atomic mass is 16.4. The van der Waals surface area contributed by atoms with Gasteiger partial charge in [0.05, 0.1) is 19.1 Å². The number of aliphatic hydroxyl groups excluding tert-OH is 2. The number of nitrogens with two attached hydrogens (primary N) is 1. The van der Waals surface area contributed by atoms with Gasteiger partial charge in [0.15, 0.2) is 0 Å². The van der Waals surface area contributed by atoms with Crippen molar-refractivity contribution < 1.29 is 44.4 Å². The Morgan fingerprint density at radius 2 is 1.61 bits per heavy atom. The summed E-state index contributed by atoms with van der Waals surface area (Å²) in [7, 11) is 0. The molecule has 0 aliphatic carbocycles. The Labute approximate surface area is 204 Å². The maximum atomic E-state index is 13.1. The van der Waals surface area contributed by atoms with Crippen LogP contribution in [0, 0.1) is 0 Å². The van der Waals surface area contributed by atoms with Crippen molar-refractivity contribution in [2.75, 3.05) is 6.61 Å². The van der Waals surface area contributed by atoms with E-state index in [1.807, 2.05) is 5.32 Å². The molecule has 0 saturated heterocycles. The van der Waals surface area contributed by atoms with Gasteiger partial charge in [-0.1, -0.05) is 18.2 Å². The third kappa shape index (κ3) is 7.49. The Balaban J connectivity index is 2.27. The van der Waals surface area contributed by atoms with Gasteiger partial charge in [0.2, 0.25) is 17.7 Å². The van der Waals surface area contributed by atoms with Gasteiger partial charge < -0.3 is 47.1 Å². The second-order valence-electron chi connectivity index (χ2n) is 8.14. The average Bonchev–Trinajstić information content (AvgIpc) is 3.22. The van der Waals surface area contributed by atoms with Crippen LogP contribution in [0.1, 0.15) is 18.9 Å². The Morgan fingerprint density at radius 1 is 0.972 bits per heavy atom. The van der Waals surface area contributed by atoms with Crippen LogP contribution in [-0.4, -0.2) is 91.9 Å². The van der Waals surface area contributed by atoms with Crippen LogP contribution in [0.25, 0.3) is 10.9 Å². The summed E-state index contributed by atoms with van der Waals surface area (Å²) in [6.45, 7) is 0.471. The van der Waals surface area contributed by atoms with Gasteiger partial charge >= 0.3 is 11.9 Å². The predicted molar refractivity (Wildman–Crippen MR) is 124 cm³/mol. The normalized spacial score (nSPS) is 15.2. The zero-order valence-electron chi connectivity index (χ0n) is 19.3. The number of aromatic nitrogens is 1. The van der Waals surface area contributed by atoms with Gasteiger partial charge in [-0.05, 0) is 18.6 Å². The molecule has 0 spiro atoms. The molecular weight excluding hydrogens is 478 g/mol. The summed E-state index contributed by atoms with van der Waals surface area (Å²) < 4.78 is 0. The SMILES string of the molecule is CC(O)C(NC(=O)C(Cc1c[nH]c2ccccc12)NC(=O)C(N)CO)C(=O)NC(CC(=O)O)C(=O)O. The van der Waals surface area contributed by atoms with Crippen LogP contribution in [0.4, 0.5) is 0 Å². The van der Waals surface area contributed by atoms with Gasteiger partial charge in [-0.25, -0.2) is 4.79 Å². The average molecular weight is 508 g/mol. The number of carbonyl (C=O) groups excluding carboxylic acids is 3. The molecule has 2 rings (SSSR count). The molecule has 1 aromatic heterocycles. The topological polar surface area (TPSA) is 244 Å². The van der Waals surface area contributed by atoms with E-state index in [1.54, 1.807) is 30.5 Å². The van der Waals surface area contributed by atoms with E-state index < -0.39 is 73.0 Å². The molecule has 0 aliphatic heterocycles. The van der Waals surface area contributed by atoms with Crippen LogP contribution in [-0.2, 0) is 30.4 Å². The van der Waals surface area contributed by atoms with E-state index in [1.165, 1.54) is 0 Å². The maximum Gasteiger partial charge on any atom is 0.326 e. The van der Waals surface area contributed by atoms with E-state index in [0.717, 1.165) is 17.8 Å². The third-order valence-electron chi connectivity index (χ3n) is 5.32. The van der Waals surface area contributed by atoms with Crippen molar-refractivity contribution in [3.63, 3.8) is 0 Å². The number of para-hydroxylation sites is 1. The summed E-state index contributed by atoms with van der Waals surface area (Å²) in [5.41, 5.74) is 6.94. The fourth-order valence-electron chi connectivity index (χ4n) is 3.39. The van der Waals surface area contributed by atoms with Crippen LogP contribution >= 0.6 is 0 Å². The molecule has 10 N–H and O–H groups in total. The number of benzene rings is 1. The zero-order valence-corrected chi connectivity index (χ0v) is 19.3. The summed E-state index contributed by atoms with van der Waals surface area (Å²) in [4.78, 5) is 63.3. The van der Waals surface area contributed by atoms with Crippen molar-refractivity contribution in [2.45, 2.75) is 50.0 Å². The first-order valence-corrected chi connectivity index (χ1v) is 10.9. The first-order valence-electron chi connectivity index (χ1n) is 10.9. The molecule has 0 aliphatic rings. The van der Waals surface area contributed by atoms with E-state index in [4.69, 9.17) is 21.1 Å². The fourth-order valence-corrected chi connectivity index (χ4v) is 3.39. The van der Waals surface area contributed by atoms with E-state index >= 15 is 0 Å². The lowest BCUT2D eigenvalue weighted by molar-refractivity contribution is -0.148. The summed E-state index contributed by atoms with van der Waals surface area (Å²) in [6, 6.07) is 1.05. The minimum atomic E-state index is -1.81. The lowest BCUT2D eigenvalue weighted by atomic mass is 10.0. The predicted octanol–water partition coefficient (Wildman–Crippen LogP) is -2.58. The number of hydrogen-bond donors (Lipinski definition) is 9. The highest BCUT2D eigenvalue weighted by molar-refractivity contribution is 5.95. The fraction of sp³-hybridized carbons (Fsp3) is 0.409. The Kier molecular flexibility index (Phi) is 9.90. The van der Waals surface area contributed by atoms with Gasteiger partial charge in [0, 0.05) is 23.5 Å². The van der Waals surface area contributed by atoms with Crippen molar-refractivity contribution in [3.8, 4) is 0 Å². The molecule has 14 heteroatoms. The largest absolute Gasteiger partial charge is 0.481 e. The molecule has 3 amide bonds. The summed E-state index contributed by atoms with van der Waals surface area (Å²) in [6.07, 6.45) is -0.882. The molecule has 0 bridgehead atoms. The quantitative estimate of drug-likeness (QED) is 0.137. The number of carbonyl (C=O) groups is 5. The lowest BCUT2D eigenvalue weighted by Gasteiger charge is -2.26. The van der Waals surface area contributed by atoms with Crippen LogP contribution in [0.15, 0.2) is 30.5 Å². The van der Waals surface area contributed by atoms with Crippen LogP contribution < -0.4 is 21.7 Å². The minimum Gasteiger partial charge on any atom is -0.481 e. The smallest absolute Gasteiger partial charge is 0.326 e. The van der Waals surface area contributed by atoms with Gasteiger partial charge in [0.25, 0.3) is 0 Å². The molecular formula is C22H29N5O9. The van der Waals surface area contributed by atoms with Gasteiger partial charge in [-0.15, -0.1) is 0 Å². The van der Waals surface area contributed by atoms with Gasteiger partial charge in [0.1, 0.15) is 24.2 Å². The minimum absolute atomic E-state index is 0.0648. The maximum absolute atomic E-state index is 13.1. The number of rotatable bonds is 13. The molecule has 14 nitrogen and oxygen atoms in total. The molecule has 0 radical (unpaired) electrons. The van der Waals surface area contributed by atoms with E-state index in [9.17, 15) is 29.1 Å². The van der Waals surface area contributed by atoms with Crippen molar-refractivity contribution >= 4 is 40.6 Å². The van der Waals surface area contributed by atoms with Crippen LogP contribution in [0.3, 0.4) is 0 Å². The van der Waals surface area contributed by atoms with Crippen LogP contribution in [0.2, 0.25) is 0 Å². The summed E-state index contributed by atoms with van der Waals surface area (Å²) >= 11 is 0. The van der Waals surface area contributed by atoms with Crippen molar-refractivity contribution in [3.05, 3.63) is 36.0 Å². The Hall–Kier alpha value is -4.01. The molecule has 0 fully saturated rings. The van der Waals surface area contributed by atoms with Gasteiger partial charge in [-0.3, -0.25) is 19.2 Å². The van der Waals surface area contributed by atoms with Crippen LogP contribution in [0.5, 0.6) is 0 Å². The number of H-pyrrole nitrogens is 1. The number of hydrogen-bond acceptors (Lipinski definition) is 8. The molecule has 36 heavy (non-hydrogen) atoms. The number of aliphatic carboxylic acids is 2. The molecule has 196 valence electrons. The Bertz CT molecular complexity index is 1120. The summed E-state index contributed by atoms with van der Waals surface area (Å²) in [5, 5.41) is 44.7. The monoisotopic (exact) mass is 507 g/mol. The standard InChI is InChI=1S/C22H29N5O9/c1-10(29)18(21(34)26-16(22(35)36)7-17(30)31)27-20(33)15(25-19(32)13(23)9-28)6-11-8-24-14-5-3-2-4-12(11)14/h2-5,8,10,13,15-16,18,24,28-29H,6-7,9,23H2,1H3,(H,25,32)(H,26,34)(H,27,33)(H,30,31)(H,35,36). The molecule has 0 saturated carbocycles. The molecule has 1 heterocycles. The third-order valence-corrected chi connectivity index (χ3v) is 5.32. The zero-order chi connectivity index (χ0) is 27.0. The van der Waals surface area contributed by atoms with Crippen molar-refractivity contribution in [2.24, 2.45) is 5.73 Å². The van der Waals surface area contributed by atoms with E-state index in [0.29, 0.717) is 5.56 Å². The number of aliphatic hydroxyl groups is 2. The second-order valence-corrected chi connectivity index (χ2v) is 8.14. The number of fused-ring (bicyclic) bond motifs is 1. The van der Waals surface area contributed by atoms with E-state index in [2.05, 4.69) is 15.6 Å². The lowest BCUT2D eigenvalue weighted by Crippen LogP contribution is -2.60. The summed E-state index contributed by atoms with van der Waals surface area (Å²) in [5.74, 6) is -6.00. The molecule has 1 aromatic carbocycles. The molecule has 5 atom stereocenters. The highest BCUT2D eigenvalue weighted by Crippen LogP contribution is 2.19. The highest BCUT2D eigenvalue weighted by Gasteiger charge is 2.33. The Morgan fingerprint density at radius 3 is 2.19 bits per heavy atom. The first-order chi connectivity index (χ1) is 16.9. The number of carboxylic acids is 2. The number of carboxylic acid groups (broad SMARTS) is 2. The van der Waals surface area contributed by atoms with Gasteiger partial charge in [-0.2, -0.15) is 0 Å². The molecule has 5 unspecified atom stereocenters. The number of amides is 3. The van der Waals surface area contributed by atoms with E-state index in [-0.39, 0.29) is 6.42 Å². The first kappa shape index (κ1) is 28.2. The number of nitrogens with one attached hydrogen (secondary N) is 4. The van der Waals surface area contributed by atoms with Crippen molar-refractivity contribution in [1.82, 2.24) is 20.9 Å².